The van der Waals surface area contributed by atoms with Gasteiger partial charge in [-0.3, -0.25) is 0 Å². The zero-order valence-electron chi connectivity index (χ0n) is 11.1. The summed E-state index contributed by atoms with van der Waals surface area (Å²) in [5, 5.41) is 3.18. The van der Waals surface area contributed by atoms with Gasteiger partial charge < -0.3 is 10.1 Å². The van der Waals surface area contributed by atoms with Gasteiger partial charge in [0, 0.05) is 6.04 Å². The van der Waals surface area contributed by atoms with Crippen LogP contribution in [-0.2, 0) is 9.84 Å². The van der Waals surface area contributed by atoms with E-state index < -0.39 is 9.84 Å². The molecule has 0 saturated heterocycles. The lowest BCUT2D eigenvalue weighted by atomic mass is 10.2. The number of sulfone groups is 1. The summed E-state index contributed by atoms with van der Waals surface area (Å²) in [5.41, 5.74) is 0. The highest BCUT2D eigenvalue weighted by atomic mass is 32.2. The van der Waals surface area contributed by atoms with Gasteiger partial charge in [0.1, 0.15) is 5.75 Å². The molecule has 1 atom stereocenters. The minimum Gasteiger partial charge on any atom is -0.497 e. The predicted molar refractivity (Wildman–Crippen MR) is 72.8 cm³/mol. The van der Waals surface area contributed by atoms with E-state index in [-0.39, 0.29) is 11.8 Å². The van der Waals surface area contributed by atoms with Crippen LogP contribution in [0.5, 0.6) is 5.75 Å². The second-order valence-corrected chi connectivity index (χ2v) is 6.16. The average Bonchev–Trinajstić information content (AvgIpc) is 2.38. The van der Waals surface area contributed by atoms with Crippen LogP contribution in [0.15, 0.2) is 29.2 Å². The fourth-order valence-electron chi connectivity index (χ4n) is 1.77. The second-order valence-electron chi connectivity index (χ2n) is 4.12. The summed E-state index contributed by atoms with van der Waals surface area (Å²) in [6.45, 7) is 4.72. The minimum atomic E-state index is -3.27. The normalized spacial score (nSPS) is 13.3. The Labute approximate surface area is 109 Å². The van der Waals surface area contributed by atoms with Gasteiger partial charge in [-0.05, 0) is 31.2 Å². The Kier molecular flexibility index (Phi) is 5.62. The number of hydrogen-bond acceptors (Lipinski definition) is 4. The van der Waals surface area contributed by atoms with Crippen molar-refractivity contribution in [2.45, 2.75) is 31.2 Å². The molecule has 1 unspecified atom stereocenters. The fraction of sp³-hybridized carbons (Fsp3) is 0.538. The molecule has 102 valence electrons. The fourth-order valence-corrected chi connectivity index (χ4v) is 3.42. The van der Waals surface area contributed by atoms with Crippen LogP contribution in [0.25, 0.3) is 0 Å². The van der Waals surface area contributed by atoms with Gasteiger partial charge in [0.15, 0.2) is 9.84 Å². The van der Waals surface area contributed by atoms with E-state index in [1.54, 1.807) is 24.3 Å². The van der Waals surface area contributed by atoms with Crippen LogP contribution in [0, 0.1) is 0 Å². The van der Waals surface area contributed by atoms with Crippen LogP contribution < -0.4 is 10.1 Å². The van der Waals surface area contributed by atoms with Gasteiger partial charge in [-0.15, -0.1) is 0 Å². The molecule has 0 bridgehead atoms. The molecule has 0 aliphatic rings. The van der Waals surface area contributed by atoms with Gasteiger partial charge in [-0.1, -0.05) is 19.9 Å². The van der Waals surface area contributed by atoms with Gasteiger partial charge in [0.05, 0.1) is 17.8 Å². The molecule has 0 aromatic heterocycles. The van der Waals surface area contributed by atoms with Crippen molar-refractivity contribution in [2.75, 3.05) is 19.4 Å². The first-order chi connectivity index (χ1) is 8.53. The largest absolute Gasteiger partial charge is 0.497 e. The van der Waals surface area contributed by atoms with Gasteiger partial charge in [-0.25, -0.2) is 8.42 Å². The molecular weight excluding hydrogens is 250 g/mol. The molecule has 1 aromatic carbocycles. The van der Waals surface area contributed by atoms with E-state index in [4.69, 9.17) is 4.74 Å². The summed E-state index contributed by atoms with van der Waals surface area (Å²) < 4.78 is 29.5. The molecule has 4 nitrogen and oxygen atoms in total. The Bertz CT molecular complexity index is 471. The van der Waals surface area contributed by atoms with Crippen molar-refractivity contribution in [3.63, 3.8) is 0 Å². The molecule has 0 spiro atoms. The molecule has 1 N–H and O–H groups in total. The number of hydrogen-bond donors (Lipinski definition) is 1. The molecule has 1 aromatic rings. The van der Waals surface area contributed by atoms with Gasteiger partial charge in [0.2, 0.25) is 0 Å². The SMILES string of the molecule is CCNC(CC)CS(=O)(=O)c1cccc(OC)c1. The van der Waals surface area contributed by atoms with E-state index in [0.29, 0.717) is 10.6 Å². The molecule has 0 heterocycles. The molecule has 0 aliphatic carbocycles. The summed E-state index contributed by atoms with van der Waals surface area (Å²) in [6, 6.07) is 6.59. The molecule has 0 fully saturated rings. The quantitative estimate of drug-likeness (QED) is 0.822. The van der Waals surface area contributed by atoms with E-state index >= 15 is 0 Å². The average molecular weight is 271 g/mol. The maximum Gasteiger partial charge on any atom is 0.180 e. The van der Waals surface area contributed by atoms with Crippen molar-refractivity contribution in [1.29, 1.82) is 0 Å². The molecule has 18 heavy (non-hydrogen) atoms. The Hall–Kier alpha value is -1.07. The number of methoxy groups -OCH3 is 1. The van der Waals surface area contributed by atoms with Crippen LogP contribution in [0.1, 0.15) is 20.3 Å². The molecular formula is C13H21NO3S. The van der Waals surface area contributed by atoms with Crippen molar-refractivity contribution < 1.29 is 13.2 Å². The standard InChI is InChI=1S/C13H21NO3S/c1-4-11(14-5-2)10-18(15,16)13-8-6-7-12(9-13)17-3/h6-9,11,14H,4-5,10H2,1-3H3. The number of rotatable bonds is 7. The highest BCUT2D eigenvalue weighted by Gasteiger charge is 2.20. The van der Waals surface area contributed by atoms with E-state index in [9.17, 15) is 8.42 Å². The maximum absolute atomic E-state index is 12.2. The Balaban J connectivity index is 2.91. The third kappa shape index (κ3) is 3.99. The Morgan fingerprint density at radius 2 is 2.06 bits per heavy atom. The second kappa shape index (κ2) is 6.75. The Morgan fingerprint density at radius 3 is 2.61 bits per heavy atom. The highest BCUT2D eigenvalue weighted by Crippen LogP contribution is 2.19. The van der Waals surface area contributed by atoms with Crippen molar-refractivity contribution in [3.8, 4) is 5.75 Å². The number of ether oxygens (including phenoxy) is 1. The molecule has 0 amide bonds. The zero-order chi connectivity index (χ0) is 13.6. The molecule has 0 saturated carbocycles. The minimum absolute atomic E-state index is 0.00815. The first-order valence-electron chi connectivity index (χ1n) is 6.13. The van der Waals surface area contributed by atoms with Crippen LogP contribution in [0.2, 0.25) is 0 Å². The zero-order valence-corrected chi connectivity index (χ0v) is 12.0. The van der Waals surface area contributed by atoms with Crippen LogP contribution >= 0.6 is 0 Å². The third-order valence-corrected chi connectivity index (χ3v) is 4.62. The van der Waals surface area contributed by atoms with E-state index in [0.717, 1.165) is 13.0 Å². The molecule has 1 rings (SSSR count). The monoisotopic (exact) mass is 271 g/mol. The van der Waals surface area contributed by atoms with Crippen molar-refractivity contribution in [2.24, 2.45) is 0 Å². The van der Waals surface area contributed by atoms with Gasteiger partial charge >= 0.3 is 0 Å². The Morgan fingerprint density at radius 1 is 1.33 bits per heavy atom. The van der Waals surface area contributed by atoms with Crippen LogP contribution in [0.4, 0.5) is 0 Å². The summed E-state index contributed by atoms with van der Waals surface area (Å²) in [6.07, 6.45) is 0.789. The highest BCUT2D eigenvalue weighted by molar-refractivity contribution is 7.91. The van der Waals surface area contributed by atoms with E-state index in [1.165, 1.54) is 7.11 Å². The molecule has 0 radical (unpaired) electrons. The van der Waals surface area contributed by atoms with Crippen molar-refractivity contribution >= 4 is 9.84 Å². The lowest BCUT2D eigenvalue weighted by Crippen LogP contribution is -2.34. The molecule has 0 aliphatic heterocycles. The number of benzene rings is 1. The summed E-state index contributed by atoms with van der Waals surface area (Å²) >= 11 is 0. The van der Waals surface area contributed by atoms with Crippen molar-refractivity contribution in [3.05, 3.63) is 24.3 Å². The number of nitrogens with one attached hydrogen (secondary N) is 1. The van der Waals surface area contributed by atoms with Gasteiger partial charge in [0.25, 0.3) is 0 Å². The van der Waals surface area contributed by atoms with Crippen LogP contribution in [-0.4, -0.2) is 33.9 Å². The summed E-state index contributed by atoms with van der Waals surface area (Å²) in [5.74, 6) is 0.678. The maximum atomic E-state index is 12.2. The smallest absolute Gasteiger partial charge is 0.180 e. The first-order valence-corrected chi connectivity index (χ1v) is 7.79. The predicted octanol–water partition coefficient (Wildman–Crippen LogP) is 1.86. The first kappa shape index (κ1) is 15.0. The molecule has 5 heteroatoms. The van der Waals surface area contributed by atoms with Crippen molar-refractivity contribution in [1.82, 2.24) is 5.32 Å². The van der Waals surface area contributed by atoms with E-state index in [2.05, 4.69) is 5.32 Å². The van der Waals surface area contributed by atoms with E-state index in [1.807, 2.05) is 13.8 Å². The third-order valence-electron chi connectivity index (χ3n) is 2.81. The van der Waals surface area contributed by atoms with Crippen LogP contribution in [0.3, 0.4) is 0 Å². The lowest BCUT2D eigenvalue weighted by molar-refractivity contribution is 0.413. The summed E-state index contributed by atoms with van der Waals surface area (Å²) in [7, 11) is -1.74. The lowest BCUT2D eigenvalue weighted by Gasteiger charge is -2.16. The van der Waals surface area contributed by atoms with Gasteiger partial charge in [-0.2, -0.15) is 0 Å². The summed E-state index contributed by atoms with van der Waals surface area (Å²) in [4.78, 5) is 0.318. The topological polar surface area (TPSA) is 55.4 Å².